The number of hydrogen-bond acceptors (Lipinski definition) is 6. The summed E-state index contributed by atoms with van der Waals surface area (Å²) in [4.78, 5) is 32.3. The van der Waals surface area contributed by atoms with E-state index >= 15 is 0 Å². The van der Waals surface area contributed by atoms with Gasteiger partial charge < -0.3 is 10.4 Å². The Morgan fingerprint density at radius 3 is 2.71 bits per heavy atom. The van der Waals surface area contributed by atoms with Crippen LogP contribution >= 0.6 is 23.1 Å². The molecule has 0 radical (unpaired) electrons. The van der Waals surface area contributed by atoms with Gasteiger partial charge in [-0.1, -0.05) is 43.0 Å². The smallest absolute Gasteiger partial charge is 0.267 e. The van der Waals surface area contributed by atoms with Crippen LogP contribution in [0.25, 0.3) is 15.9 Å². The molecular formula is C23H21N3O3S2. The van der Waals surface area contributed by atoms with Gasteiger partial charge in [0.1, 0.15) is 10.6 Å². The summed E-state index contributed by atoms with van der Waals surface area (Å²) in [5, 5.41) is 13.7. The molecule has 1 amide bonds. The third kappa shape index (κ3) is 4.50. The van der Waals surface area contributed by atoms with Crippen molar-refractivity contribution >= 4 is 44.9 Å². The zero-order valence-electron chi connectivity index (χ0n) is 17.1. The van der Waals surface area contributed by atoms with Crippen LogP contribution in [0.2, 0.25) is 0 Å². The van der Waals surface area contributed by atoms with Crippen LogP contribution < -0.4 is 10.9 Å². The molecule has 0 fully saturated rings. The number of para-hydroxylation sites is 1. The van der Waals surface area contributed by atoms with E-state index in [-0.39, 0.29) is 23.0 Å². The Labute approximate surface area is 187 Å². The summed E-state index contributed by atoms with van der Waals surface area (Å²) < 4.78 is 1.55. The van der Waals surface area contributed by atoms with Crippen LogP contribution in [-0.2, 0) is 11.2 Å². The van der Waals surface area contributed by atoms with Gasteiger partial charge in [-0.15, -0.1) is 11.3 Å². The molecule has 0 aliphatic rings. The summed E-state index contributed by atoms with van der Waals surface area (Å²) in [6.45, 7) is 3.92. The van der Waals surface area contributed by atoms with Crippen LogP contribution in [0.3, 0.4) is 0 Å². The molecule has 2 N–H and O–H groups in total. The number of phenolic OH excluding ortho intramolecular Hbond substituents is 1. The highest BCUT2D eigenvalue weighted by Gasteiger charge is 2.17. The average molecular weight is 452 g/mol. The van der Waals surface area contributed by atoms with Crippen molar-refractivity contribution in [3.8, 4) is 11.4 Å². The second-order valence-electron chi connectivity index (χ2n) is 7.01. The van der Waals surface area contributed by atoms with Crippen LogP contribution in [0.4, 0.5) is 5.69 Å². The fourth-order valence-corrected chi connectivity index (χ4v) is 4.98. The van der Waals surface area contributed by atoms with Crippen molar-refractivity contribution in [2.24, 2.45) is 0 Å². The molecule has 0 bridgehead atoms. The van der Waals surface area contributed by atoms with Gasteiger partial charge in [-0.05, 0) is 49.2 Å². The highest BCUT2D eigenvalue weighted by Crippen LogP contribution is 2.28. The lowest BCUT2D eigenvalue weighted by Crippen LogP contribution is -2.22. The molecule has 158 valence electrons. The molecular weight excluding hydrogens is 430 g/mol. The number of benzene rings is 2. The Bertz CT molecular complexity index is 1310. The van der Waals surface area contributed by atoms with Crippen molar-refractivity contribution in [3.63, 3.8) is 0 Å². The molecule has 2 aromatic carbocycles. The Hall–Kier alpha value is -3.10. The van der Waals surface area contributed by atoms with E-state index in [0.29, 0.717) is 26.7 Å². The fourth-order valence-electron chi connectivity index (χ4n) is 3.15. The first kappa shape index (κ1) is 21.1. The molecule has 0 atom stereocenters. The van der Waals surface area contributed by atoms with Crippen LogP contribution in [0.15, 0.2) is 64.5 Å². The second kappa shape index (κ2) is 8.95. The first-order chi connectivity index (χ1) is 15.0. The Balaban J connectivity index is 1.67. The minimum absolute atomic E-state index is 0.00960. The molecule has 4 aromatic rings. The number of thiophene rings is 1. The number of aromatic hydroxyl groups is 1. The lowest BCUT2D eigenvalue weighted by atomic mass is 10.2. The third-order valence-corrected chi connectivity index (χ3v) is 6.82. The van der Waals surface area contributed by atoms with Crippen molar-refractivity contribution in [2.75, 3.05) is 11.1 Å². The van der Waals surface area contributed by atoms with Crippen LogP contribution in [0, 0.1) is 6.92 Å². The number of hydrogen-bond donors (Lipinski definition) is 2. The molecule has 2 heterocycles. The summed E-state index contributed by atoms with van der Waals surface area (Å²) in [5.74, 6) is -0.236. The number of carbonyl (C=O) groups excluding carboxylic acids is 1. The molecule has 31 heavy (non-hydrogen) atoms. The summed E-state index contributed by atoms with van der Waals surface area (Å²) in [6, 6.07) is 16.2. The number of thioether (sulfide) groups is 1. The Morgan fingerprint density at radius 2 is 1.97 bits per heavy atom. The van der Waals surface area contributed by atoms with Crippen LogP contribution in [-0.4, -0.2) is 26.3 Å². The van der Waals surface area contributed by atoms with E-state index in [1.807, 2.05) is 50.2 Å². The molecule has 8 heteroatoms. The first-order valence-electron chi connectivity index (χ1n) is 9.79. The van der Waals surface area contributed by atoms with E-state index < -0.39 is 0 Å². The molecule has 0 aliphatic heterocycles. The monoisotopic (exact) mass is 451 g/mol. The minimum atomic E-state index is -0.291. The quantitative estimate of drug-likeness (QED) is 0.251. The van der Waals surface area contributed by atoms with Gasteiger partial charge in [0.2, 0.25) is 5.91 Å². The largest absolute Gasteiger partial charge is 0.506 e. The van der Waals surface area contributed by atoms with Crippen molar-refractivity contribution < 1.29 is 9.90 Å². The highest BCUT2D eigenvalue weighted by atomic mass is 32.2. The maximum Gasteiger partial charge on any atom is 0.267 e. The predicted molar refractivity (Wildman–Crippen MR) is 127 cm³/mol. The highest BCUT2D eigenvalue weighted by molar-refractivity contribution is 7.99. The molecule has 4 rings (SSSR count). The molecule has 0 saturated heterocycles. The van der Waals surface area contributed by atoms with Gasteiger partial charge in [0.25, 0.3) is 5.56 Å². The van der Waals surface area contributed by atoms with E-state index in [9.17, 15) is 14.7 Å². The van der Waals surface area contributed by atoms with E-state index in [1.165, 1.54) is 23.1 Å². The summed E-state index contributed by atoms with van der Waals surface area (Å²) >= 11 is 2.69. The molecule has 6 nitrogen and oxygen atoms in total. The molecule has 0 saturated carbocycles. The number of aryl methyl sites for hydroxylation is 2. The zero-order chi connectivity index (χ0) is 22.0. The predicted octanol–water partition coefficient (Wildman–Crippen LogP) is 4.75. The topological polar surface area (TPSA) is 84.2 Å². The number of fused-ring (bicyclic) bond motifs is 1. The third-order valence-electron chi connectivity index (χ3n) is 4.71. The maximum absolute atomic E-state index is 13.3. The first-order valence-corrected chi connectivity index (χ1v) is 11.6. The van der Waals surface area contributed by atoms with Crippen LogP contribution in [0.5, 0.6) is 5.75 Å². The van der Waals surface area contributed by atoms with Crippen molar-refractivity contribution in [1.29, 1.82) is 0 Å². The van der Waals surface area contributed by atoms with E-state index in [4.69, 9.17) is 4.98 Å². The van der Waals surface area contributed by atoms with Crippen molar-refractivity contribution in [1.82, 2.24) is 9.55 Å². The summed E-state index contributed by atoms with van der Waals surface area (Å²) in [5.41, 5.74) is 1.84. The summed E-state index contributed by atoms with van der Waals surface area (Å²) in [7, 11) is 0. The van der Waals surface area contributed by atoms with Gasteiger partial charge in [0.15, 0.2) is 5.16 Å². The normalized spacial score (nSPS) is 11.0. The van der Waals surface area contributed by atoms with Gasteiger partial charge in [-0.2, -0.15) is 0 Å². The number of nitrogens with zero attached hydrogens (tertiary/aromatic N) is 2. The SMILES string of the molecule is CCc1cc2c(=O)n(-c3ccccc3)c(SCC(=O)Nc3cc(C)ccc3O)nc2s1. The van der Waals surface area contributed by atoms with Gasteiger partial charge in [0, 0.05) is 4.88 Å². The molecule has 2 aromatic heterocycles. The lowest BCUT2D eigenvalue weighted by Gasteiger charge is -2.12. The molecule has 0 unspecified atom stereocenters. The van der Waals surface area contributed by atoms with E-state index in [2.05, 4.69) is 5.32 Å². The van der Waals surface area contributed by atoms with Gasteiger partial charge in [0.05, 0.1) is 22.5 Å². The van der Waals surface area contributed by atoms with Crippen molar-refractivity contribution in [2.45, 2.75) is 25.4 Å². The number of aromatic nitrogens is 2. The Morgan fingerprint density at radius 1 is 1.19 bits per heavy atom. The number of phenols is 1. The molecule has 0 aliphatic carbocycles. The number of rotatable bonds is 6. The fraction of sp³-hybridized carbons (Fsp3) is 0.174. The van der Waals surface area contributed by atoms with Gasteiger partial charge in [-0.25, -0.2) is 4.98 Å². The molecule has 0 spiro atoms. The van der Waals surface area contributed by atoms with Crippen LogP contribution in [0.1, 0.15) is 17.4 Å². The lowest BCUT2D eigenvalue weighted by molar-refractivity contribution is -0.113. The van der Waals surface area contributed by atoms with Crippen molar-refractivity contribution in [3.05, 3.63) is 75.4 Å². The summed E-state index contributed by atoms with van der Waals surface area (Å²) in [6.07, 6.45) is 0.830. The average Bonchev–Trinajstić information content (AvgIpc) is 3.19. The van der Waals surface area contributed by atoms with Gasteiger partial charge >= 0.3 is 0 Å². The number of nitrogens with one attached hydrogen (secondary N) is 1. The Kier molecular flexibility index (Phi) is 6.11. The van der Waals surface area contributed by atoms with E-state index in [0.717, 1.165) is 16.9 Å². The second-order valence-corrected chi connectivity index (χ2v) is 9.07. The minimum Gasteiger partial charge on any atom is -0.506 e. The zero-order valence-corrected chi connectivity index (χ0v) is 18.7. The maximum atomic E-state index is 13.3. The van der Waals surface area contributed by atoms with Gasteiger partial charge in [-0.3, -0.25) is 14.2 Å². The standard InChI is InChI=1S/C23H21N3O3S2/c1-3-16-12-17-21(31-16)25-23(26(22(17)29)15-7-5-4-6-8-15)30-13-20(28)24-18-11-14(2)9-10-19(18)27/h4-12,27H,3,13H2,1-2H3,(H,24,28). The number of anilines is 1. The van der Waals surface area contributed by atoms with E-state index in [1.54, 1.807) is 22.8 Å². The number of carbonyl (C=O) groups is 1. The number of amides is 1.